The number of amides is 1. The van der Waals surface area contributed by atoms with Crippen LogP contribution in [0.4, 0.5) is 5.69 Å². The molecule has 0 radical (unpaired) electrons. The number of nitrogens with one attached hydrogen (secondary N) is 1. The Morgan fingerprint density at radius 2 is 1.96 bits per heavy atom. The summed E-state index contributed by atoms with van der Waals surface area (Å²) in [5.41, 5.74) is 4.71. The SMILES string of the molecule is C=C1C[C@H](NC(=O)c2cc(Cc3ccccc3)on2)CN(C)c2ccccc21. The van der Waals surface area contributed by atoms with Crippen LogP contribution in [0.2, 0.25) is 0 Å². The molecule has 5 heteroatoms. The monoisotopic (exact) mass is 373 g/mol. The molecule has 1 atom stereocenters. The fraction of sp³-hybridized carbons (Fsp3) is 0.217. The summed E-state index contributed by atoms with van der Waals surface area (Å²) in [5.74, 6) is 0.450. The Bertz CT molecular complexity index is 994. The van der Waals surface area contributed by atoms with Gasteiger partial charge in [0.2, 0.25) is 0 Å². The second-order valence-electron chi connectivity index (χ2n) is 7.22. The molecule has 28 heavy (non-hydrogen) atoms. The highest BCUT2D eigenvalue weighted by molar-refractivity contribution is 5.92. The Morgan fingerprint density at radius 1 is 1.21 bits per heavy atom. The first-order valence-electron chi connectivity index (χ1n) is 9.39. The van der Waals surface area contributed by atoms with E-state index in [0.717, 1.165) is 22.4 Å². The lowest BCUT2D eigenvalue weighted by atomic mass is 10.0. The van der Waals surface area contributed by atoms with Crippen LogP contribution in [0.25, 0.3) is 5.57 Å². The van der Waals surface area contributed by atoms with E-state index in [0.29, 0.717) is 30.8 Å². The minimum atomic E-state index is -0.222. The highest BCUT2D eigenvalue weighted by Crippen LogP contribution is 2.31. The van der Waals surface area contributed by atoms with Gasteiger partial charge in [-0.15, -0.1) is 0 Å². The van der Waals surface area contributed by atoms with Gasteiger partial charge < -0.3 is 14.7 Å². The number of para-hydroxylation sites is 1. The Labute approximate surface area is 164 Å². The second-order valence-corrected chi connectivity index (χ2v) is 7.22. The summed E-state index contributed by atoms with van der Waals surface area (Å²) in [6.07, 6.45) is 1.31. The van der Waals surface area contributed by atoms with E-state index in [-0.39, 0.29) is 11.9 Å². The molecule has 0 saturated heterocycles. The van der Waals surface area contributed by atoms with Crippen molar-refractivity contribution < 1.29 is 9.32 Å². The normalized spacial score (nSPS) is 16.4. The van der Waals surface area contributed by atoms with Crippen LogP contribution in [0.1, 0.15) is 33.8 Å². The number of benzene rings is 2. The summed E-state index contributed by atoms with van der Waals surface area (Å²) in [7, 11) is 2.03. The lowest BCUT2D eigenvalue weighted by Crippen LogP contribution is -2.42. The van der Waals surface area contributed by atoms with Crippen molar-refractivity contribution in [2.75, 3.05) is 18.5 Å². The third kappa shape index (κ3) is 3.83. The zero-order valence-electron chi connectivity index (χ0n) is 15.9. The van der Waals surface area contributed by atoms with Gasteiger partial charge >= 0.3 is 0 Å². The average molecular weight is 373 g/mol. The van der Waals surface area contributed by atoms with Gasteiger partial charge in [-0.3, -0.25) is 4.79 Å². The van der Waals surface area contributed by atoms with Crippen LogP contribution >= 0.6 is 0 Å². The fourth-order valence-electron chi connectivity index (χ4n) is 3.66. The molecule has 1 N–H and O–H groups in total. The maximum Gasteiger partial charge on any atom is 0.273 e. The van der Waals surface area contributed by atoms with Gasteiger partial charge in [0, 0.05) is 37.3 Å². The number of likely N-dealkylation sites (N-methyl/N-ethyl adjacent to an activating group) is 1. The van der Waals surface area contributed by atoms with Gasteiger partial charge in [0.25, 0.3) is 5.91 Å². The molecule has 0 unspecified atom stereocenters. The quantitative estimate of drug-likeness (QED) is 0.753. The number of fused-ring (bicyclic) bond motifs is 1. The number of aromatic nitrogens is 1. The number of carbonyl (C=O) groups excluding carboxylic acids is 1. The molecule has 0 spiro atoms. The van der Waals surface area contributed by atoms with Gasteiger partial charge in [0.15, 0.2) is 5.69 Å². The Hall–Kier alpha value is -3.34. The van der Waals surface area contributed by atoms with Crippen molar-refractivity contribution in [2.24, 2.45) is 0 Å². The minimum Gasteiger partial charge on any atom is -0.372 e. The van der Waals surface area contributed by atoms with Crippen molar-refractivity contribution in [2.45, 2.75) is 18.9 Å². The molecule has 5 nitrogen and oxygen atoms in total. The van der Waals surface area contributed by atoms with Crippen LogP contribution < -0.4 is 10.2 Å². The van der Waals surface area contributed by atoms with Crippen LogP contribution in [0.3, 0.4) is 0 Å². The van der Waals surface area contributed by atoms with Crippen LogP contribution in [0.15, 0.2) is 71.8 Å². The standard InChI is InChI=1S/C23H23N3O2/c1-16-12-18(15-26(2)22-11-7-6-10-20(16)22)24-23(27)21-14-19(28-25-21)13-17-8-4-3-5-9-17/h3-11,14,18H,1,12-13,15H2,2H3,(H,24,27)/t18-/m0/s1. The fourth-order valence-corrected chi connectivity index (χ4v) is 3.66. The summed E-state index contributed by atoms with van der Waals surface area (Å²) in [6.45, 7) is 4.92. The van der Waals surface area contributed by atoms with E-state index in [1.165, 1.54) is 0 Å². The second kappa shape index (κ2) is 7.72. The largest absolute Gasteiger partial charge is 0.372 e. The van der Waals surface area contributed by atoms with Crippen molar-refractivity contribution in [1.82, 2.24) is 10.5 Å². The van der Waals surface area contributed by atoms with Crippen molar-refractivity contribution in [1.29, 1.82) is 0 Å². The Kier molecular flexibility index (Phi) is 4.98. The lowest BCUT2D eigenvalue weighted by molar-refractivity contribution is 0.0930. The highest BCUT2D eigenvalue weighted by atomic mass is 16.5. The molecule has 1 aliphatic heterocycles. The van der Waals surface area contributed by atoms with E-state index in [2.05, 4.69) is 34.1 Å². The number of hydrogen-bond acceptors (Lipinski definition) is 4. The topological polar surface area (TPSA) is 58.4 Å². The molecule has 3 aromatic rings. The molecule has 142 valence electrons. The number of nitrogens with zero attached hydrogens (tertiary/aromatic N) is 2. The number of hydrogen-bond donors (Lipinski definition) is 1. The molecule has 2 aromatic carbocycles. The Balaban J connectivity index is 1.44. The zero-order valence-corrected chi connectivity index (χ0v) is 15.9. The molecule has 0 saturated carbocycles. The van der Waals surface area contributed by atoms with Crippen molar-refractivity contribution >= 4 is 17.2 Å². The molecule has 1 amide bonds. The number of anilines is 1. The minimum absolute atomic E-state index is 0.0494. The van der Waals surface area contributed by atoms with Crippen LogP contribution in [-0.4, -0.2) is 30.7 Å². The summed E-state index contributed by atoms with van der Waals surface area (Å²) in [6, 6.07) is 19.8. The maximum absolute atomic E-state index is 12.7. The van der Waals surface area contributed by atoms with Gasteiger partial charge in [-0.2, -0.15) is 0 Å². The summed E-state index contributed by atoms with van der Waals surface area (Å²) in [4.78, 5) is 14.9. The van der Waals surface area contributed by atoms with Gasteiger partial charge in [0.05, 0.1) is 6.04 Å². The van der Waals surface area contributed by atoms with E-state index in [4.69, 9.17) is 4.52 Å². The van der Waals surface area contributed by atoms with Gasteiger partial charge in [-0.05, 0) is 23.6 Å². The number of carbonyl (C=O) groups is 1. The van der Waals surface area contributed by atoms with Crippen LogP contribution in [-0.2, 0) is 6.42 Å². The highest BCUT2D eigenvalue weighted by Gasteiger charge is 2.24. The van der Waals surface area contributed by atoms with Gasteiger partial charge in [-0.25, -0.2) is 0 Å². The van der Waals surface area contributed by atoms with Crippen molar-refractivity contribution in [3.05, 3.63) is 89.8 Å². The first-order valence-corrected chi connectivity index (χ1v) is 9.39. The maximum atomic E-state index is 12.7. The predicted octanol–water partition coefficient (Wildman–Crippen LogP) is 3.92. The molecule has 0 bridgehead atoms. The summed E-state index contributed by atoms with van der Waals surface area (Å²) >= 11 is 0. The third-order valence-electron chi connectivity index (χ3n) is 5.03. The molecule has 2 heterocycles. The van der Waals surface area contributed by atoms with Crippen molar-refractivity contribution in [3.63, 3.8) is 0 Å². The van der Waals surface area contributed by atoms with E-state index in [1.807, 2.05) is 49.5 Å². The van der Waals surface area contributed by atoms with Crippen LogP contribution in [0, 0.1) is 0 Å². The molecular formula is C23H23N3O2. The smallest absolute Gasteiger partial charge is 0.273 e. The lowest BCUT2D eigenvalue weighted by Gasteiger charge is -2.23. The van der Waals surface area contributed by atoms with E-state index in [1.54, 1.807) is 6.07 Å². The predicted molar refractivity (Wildman–Crippen MR) is 110 cm³/mol. The van der Waals surface area contributed by atoms with Crippen molar-refractivity contribution in [3.8, 4) is 0 Å². The molecule has 0 aliphatic carbocycles. The summed E-state index contributed by atoms with van der Waals surface area (Å²) in [5, 5.41) is 7.04. The molecule has 0 fully saturated rings. The van der Waals surface area contributed by atoms with Gasteiger partial charge in [0.1, 0.15) is 5.76 Å². The van der Waals surface area contributed by atoms with Crippen LogP contribution in [0.5, 0.6) is 0 Å². The van der Waals surface area contributed by atoms with E-state index >= 15 is 0 Å². The molecule has 4 rings (SSSR count). The van der Waals surface area contributed by atoms with E-state index in [9.17, 15) is 4.79 Å². The first kappa shape index (κ1) is 18.0. The zero-order chi connectivity index (χ0) is 19.5. The summed E-state index contributed by atoms with van der Waals surface area (Å²) < 4.78 is 5.36. The number of rotatable bonds is 4. The van der Waals surface area contributed by atoms with E-state index < -0.39 is 0 Å². The average Bonchev–Trinajstić information content (AvgIpc) is 3.12. The van der Waals surface area contributed by atoms with Gasteiger partial charge in [-0.1, -0.05) is 60.3 Å². The molecule has 1 aromatic heterocycles. The Morgan fingerprint density at radius 3 is 2.79 bits per heavy atom. The first-order chi connectivity index (χ1) is 13.6. The third-order valence-corrected chi connectivity index (χ3v) is 5.03. The molecular weight excluding hydrogens is 350 g/mol. The molecule has 1 aliphatic rings.